The number of rotatable bonds is 3. The molecule has 0 atom stereocenters. The second kappa shape index (κ2) is 4.48. The third-order valence-electron chi connectivity index (χ3n) is 2.67. The molecule has 0 unspecified atom stereocenters. The van der Waals surface area contributed by atoms with Crippen molar-refractivity contribution in [1.29, 1.82) is 0 Å². The van der Waals surface area contributed by atoms with Crippen molar-refractivity contribution in [2.24, 2.45) is 0 Å². The van der Waals surface area contributed by atoms with Gasteiger partial charge in [0, 0.05) is 6.20 Å². The van der Waals surface area contributed by atoms with E-state index in [1.807, 2.05) is 12.1 Å². The second-order valence-corrected chi connectivity index (χ2v) is 3.83. The lowest BCUT2D eigenvalue weighted by Gasteiger charge is -2.04. The number of imidazole rings is 1. The summed E-state index contributed by atoms with van der Waals surface area (Å²) in [4.78, 5) is 12.4. The number of nitrogens with zero attached hydrogens (tertiary/aromatic N) is 6. The predicted octanol–water partition coefficient (Wildman–Crippen LogP) is 0.255. The normalized spacial score (nSPS) is 10.8. The van der Waals surface area contributed by atoms with Crippen LogP contribution in [0.3, 0.4) is 0 Å². The number of aromatic nitrogens is 6. The van der Waals surface area contributed by atoms with Crippen LogP contribution < -0.4 is 10.5 Å². The van der Waals surface area contributed by atoms with Gasteiger partial charge in [-0.1, -0.05) is 0 Å². The summed E-state index contributed by atoms with van der Waals surface area (Å²) in [5.41, 5.74) is 7.81. The molecule has 3 heterocycles. The third kappa shape index (κ3) is 1.92. The molecule has 8 heteroatoms. The summed E-state index contributed by atoms with van der Waals surface area (Å²) in [5, 5.41) is 7.84. The molecule has 0 spiro atoms. The van der Waals surface area contributed by atoms with Gasteiger partial charge in [0.15, 0.2) is 11.2 Å². The Hall–Kier alpha value is -2.77. The molecule has 2 N–H and O–H groups in total. The maximum Gasteiger partial charge on any atom is 0.245 e. The Morgan fingerprint density at radius 2 is 2.26 bits per heavy atom. The molecule has 96 valence electrons. The molecule has 3 rings (SSSR count). The number of nitrogen functional groups attached to an aromatic ring is 1. The van der Waals surface area contributed by atoms with Crippen LogP contribution >= 0.6 is 0 Å². The van der Waals surface area contributed by atoms with Crippen LogP contribution in [0.4, 0.5) is 5.95 Å². The number of hydrogen-bond acceptors (Lipinski definition) is 7. The summed E-state index contributed by atoms with van der Waals surface area (Å²) in [5.74, 6) is 0.731. The first-order valence-corrected chi connectivity index (χ1v) is 5.57. The van der Waals surface area contributed by atoms with E-state index in [0.29, 0.717) is 29.5 Å². The van der Waals surface area contributed by atoms with Crippen molar-refractivity contribution in [2.45, 2.75) is 6.54 Å². The van der Waals surface area contributed by atoms with E-state index >= 15 is 0 Å². The first kappa shape index (κ1) is 11.3. The maximum absolute atomic E-state index is 5.91. The zero-order valence-corrected chi connectivity index (χ0v) is 10.2. The Morgan fingerprint density at radius 3 is 3.00 bits per heavy atom. The summed E-state index contributed by atoms with van der Waals surface area (Å²) in [7, 11) is 1.53. The van der Waals surface area contributed by atoms with E-state index in [1.54, 1.807) is 10.8 Å². The molecule has 0 bridgehead atoms. The first-order chi connectivity index (χ1) is 9.29. The topological polar surface area (TPSA) is 105 Å². The van der Waals surface area contributed by atoms with Gasteiger partial charge in [-0.15, -0.1) is 0 Å². The van der Waals surface area contributed by atoms with Gasteiger partial charge in [-0.25, -0.2) is 9.97 Å². The minimum atomic E-state index is 0.333. The van der Waals surface area contributed by atoms with Gasteiger partial charge in [0.1, 0.15) is 6.33 Å². The summed E-state index contributed by atoms with van der Waals surface area (Å²) in [6.07, 6.45) is 3.03. The minimum Gasteiger partial charge on any atom is -0.479 e. The molecule has 0 aromatic carbocycles. The lowest BCUT2D eigenvalue weighted by atomic mass is 10.4. The quantitative estimate of drug-likeness (QED) is 0.717. The van der Waals surface area contributed by atoms with Gasteiger partial charge in [-0.05, 0) is 12.1 Å². The van der Waals surface area contributed by atoms with E-state index in [9.17, 15) is 0 Å². The van der Waals surface area contributed by atoms with Crippen LogP contribution in [0, 0.1) is 0 Å². The van der Waals surface area contributed by atoms with Crippen LogP contribution in [-0.4, -0.2) is 36.8 Å². The van der Waals surface area contributed by atoms with E-state index in [2.05, 4.69) is 25.1 Å². The number of anilines is 1. The molecule has 0 aliphatic carbocycles. The highest BCUT2D eigenvalue weighted by molar-refractivity contribution is 5.78. The predicted molar refractivity (Wildman–Crippen MR) is 67.4 cm³/mol. The fraction of sp³-hybridized carbons (Fsp3) is 0.182. The zero-order chi connectivity index (χ0) is 13.2. The minimum absolute atomic E-state index is 0.333. The fourth-order valence-corrected chi connectivity index (χ4v) is 1.82. The summed E-state index contributed by atoms with van der Waals surface area (Å²) >= 11 is 0. The Morgan fingerprint density at radius 1 is 1.37 bits per heavy atom. The molecule has 0 aliphatic heterocycles. The highest BCUT2D eigenvalue weighted by Gasteiger charge is 2.14. The lowest BCUT2D eigenvalue weighted by molar-refractivity contribution is 0.401. The standard InChI is InChI=1S/C11H11N7O/c1-19-10-8-9(13-6-14-10)18(11(12)16-8)5-7-3-2-4-15-17-7/h2-4,6H,5H2,1H3,(H2,12,16). The summed E-state index contributed by atoms with van der Waals surface area (Å²) < 4.78 is 6.88. The van der Waals surface area contributed by atoms with E-state index in [4.69, 9.17) is 10.5 Å². The highest BCUT2D eigenvalue weighted by atomic mass is 16.5. The molecule has 0 aliphatic rings. The molecule has 0 saturated heterocycles. The van der Waals surface area contributed by atoms with Gasteiger partial charge in [0.05, 0.1) is 19.3 Å². The van der Waals surface area contributed by atoms with Crippen molar-refractivity contribution in [2.75, 3.05) is 12.8 Å². The molecule has 8 nitrogen and oxygen atoms in total. The van der Waals surface area contributed by atoms with Crippen molar-refractivity contribution in [3.05, 3.63) is 30.4 Å². The van der Waals surface area contributed by atoms with E-state index in [-0.39, 0.29) is 0 Å². The number of fused-ring (bicyclic) bond motifs is 1. The van der Waals surface area contributed by atoms with Crippen LogP contribution in [0.1, 0.15) is 5.69 Å². The van der Waals surface area contributed by atoms with Gasteiger partial charge in [-0.2, -0.15) is 15.2 Å². The molecule has 3 aromatic heterocycles. The molecular formula is C11H11N7O. The van der Waals surface area contributed by atoms with Gasteiger partial charge >= 0.3 is 0 Å². The Kier molecular flexibility index (Phi) is 2.67. The molecular weight excluding hydrogens is 246 g/mol. The van der Waals surface area contributed by atoms with Crippen molar-refractivity contribution in [3.63, 3.8) is 0 Å². The van der Waals surface area contributed by atoms with Gasteiger partial charge in [0.2, 0.25) is 11.8 Å². The number of nitrogens with two attached hydrogens (primary N) is 1. The second-order valence-electron chi connectivity index (χ2n) is 3.83. The average Bonchev–Trinajstić information content (AvgIpc) is 2.76. The van der Waals surface area contributed by atoms with Crippen LogP contribution in [0.25, 0.3) is 11.2 Å². The Labute approximate surface area is 108 Å². The van der Waals surface area contributed by atoms with Gasteiger partial charge < -0.3 is 10.5 Å². The lowest BCUT2D eigenvalue weighted by Crippen LogP contribution is -2.07. The smallest absolute Gasteiger partial charge is 0.245 e. The number of ether oxygens (including phenoxy) is 1. The molecule has 0 saturated carbocycles. The van der Waals surface area contributed by atoms with Crippen LogP contribution in [0.5, 0.6) is 5.88 Å². The van der Waals surface area contributed by atoms with Crippen LogP contribution in [0.15, 0.2) is 24.7 Å². The largest absolute Gasteiger partial charge is 0.479 e. The first-order valence-electron chi connectivity index (χ1n) is 5.57. The molecule has 0 amide bonds. The van der Waals surface area contributed by atoms with Gasteiger partial charge in [0.25, 0.3) is 0 Å². The Balaban J connectivity index is 2.11. The molecule has 19 heavy (non-hydrogen) atoms. The van der Waals surface area contributed by atoms with Crippen molar-refractivity contribution in [1.82, 2.24) is 29.7 Å². The number of hydrogen-bond donors (Lipinski definition) is 1. The third-order valence-corrected chi connectivity index (χ3v) is 2.67. The molecule has 3 aromatic rings. The van der Waals surface area contributed by atoms with Gasteiger partial charge in [-0.3, -0.25) is 4.57 Å². The Bertz CT molecular complexity index is 710. The molecule has 0 radical (unpaired) electrons. The average molecular weight is 257 g/mol. The summed E-state index contributed by atoms with van der Waals surface area (Å²) in [6.45, 7) is 0.441. The van der Waals surface area contributed by atoms with Crippen molar-refractivity contribution >= 4 is 17.1 Å². The maximum atomic E-state index is 5.91. The van der Waals surface area contributed by atoms with Crippen molar-refractivity contribution < 1.29 is 4.74 Å². The van der Waals surface area contributed by atoms with E-state index < -0.39 is 0 Å². The van der Waals surface area contributed by atoms with Crippen LogP contribution in [-0.2, 0) is 6.54 Å². The monoisotopic (exact) mass is 257 g/mol. The number of methoxy groups -OCH3 is 1. The van der Waals surface area contributed by atoms with E-state index in [0.717, 1.165) is 5.69 Å². The van der Waals surface area contributed by atoms with Crippen LogP contribution in [0.2, 0.25) is 0 Å². The highest BCUT2D eigenvalue weighted by Crippen LogP contribution is 2.23. The van der Waals surface area contributed by atoms with E-state index in [1.165, 1.54) is 13.4 Å². The molecule has 0 fully saturated rings. The SMILES string of the molecule is COc1ncnc2c1nc(N)n2Cc1cccnn1. The van der Waals surface area contributed by atoms with Crippen molar-refractivity contribution in [3.8, 4) is 5.88 Å². The fourth-order valence-electron chi connectivity index (χ4n) is 1.82. The summed E-state index contributed by atoms with van der Waals surface area (Å²) in [6, 6.07) is 3.67. The zero-order valence-electron chi connectivity index (χ0n) is 10.2.